The summed E-state index contributed by atoms with van der Waals surface area (Å²) in [6.45, 7) is 1.04. The van der Waals surface area contributed by atoms with Gasteiger partial charge in [0.2, 0.25) is 0 Å². The van der Waals surface area contributed by atoms with Crippen molar-refractivity contribution in [3.05, 3.63) is 27.2 Å². The molecule has 0 aliphatic carbocycles. The molecule has 0 bridgehead atoms. The molecular weight excluding hydrogens is 270 g/mol. The van der Waals surface area contributed by atoms with Crippen molar-refractivity contribution in [2.45, 2.75) is 13.2 Å². The lowest BCUT2D eigenvalue weighted by Crippen LogP contribution is -2.16. The van der Waals surface area contributed by atoms with Crippen LogP contribution in [0.15, 0.2) is 10.9 Å². The summed E-state index contributed by atoms with van der Waals surface area (Å²) in [5.74, 6) is 0. The molecule has 2 rings (SSSR count). The highest BCUT2D eigenvalue weighted by atomic mass is 32.1. The van der Waals surface area contributed by atoms with Crippen molar-refractivity contribution in [2.75, 3.05) is 19.1 Å². The number of anilines is 1. The Morgan fingerprint density at radius 2 is 2.39 bits per heavy atom. The molecule has 0 unspecified atom stereocenters. The van der Waals surface area contributed by atoms with Crippen LogP contribution in [0, 0.1) is 0 Å². The van der Waals surface area contributed by atoms with Gasteiger partial charge >= 0.3 is 0 Å². The van der Waals surface area contributed by atoms with Crippen molar-refractivity contribution in [3.8, 4) is 0 Å². The van der Waals surface area contributed by atoms with Gasteiger partial charge in [0.15, 0.2) is 11.4 Å². The summed E-state index contributed by atoms with van der Waals surface area (Å²) in [5, 5.41) is 2.80. The second-order valence-corrected chi connectivity index (χ2v) is 5.42. The predicted octanol–water partition coefficient (Wildman–Crippen LogP) is 2.19. The molecule has 2 aromatic heterocycles. The molecule has 0 amide bonds. The van der Waals surface area contributed by atoms with Crippen molar-refractivity contribution >= 4 is 34.1 Å². The van der Waals surface area contributed by atoms with Crippen LogP contribution in [0.1, 0.15) is 21.1 Å². The Hall–Kier alpha value is -1.31. The number of carbonyl (C=O) groups excluding carboxylic acids is 1. The van der Waals surface area contributed by atoms with Crippen LogP contribution in [0.3, 0.4) is 0 Å². The number of aromatic nitrogens is 2. The van der Waals surface area contributed by atoms with E-state index in [9.17, 15) is 4.79 Å². The first-order valence-corrected chi connectivity index (χ1v) is 7.02. The summed E-state index contributed by atoms with van der Waals surface area (Å²) in [5.41, 5.74) is 3.49. The molecule has 2 aromatic rings. The van der Waals surface area contributed by atoms with Gasteiger partial charge in [0.05, 0.1) is 34.9 Å². The monoisotopic (exact) mass is 283 g/mol. The lowest BCUT2D eigenvalue weighted by Gasteiger charge is -2.13. The number of hydrogen-bond donors (Lipinski definition) is 0. The van der Waals surface area contributed by atoms with Crippen LogP contribution in [0.5, 0.6) is 0 Å². The first kappa shape index (κ1) is 13.1. The molecule has 18 heavy (non-hydrogen) atoms. The van der Waals surface area contributed by atoms with Crippen molar-refractivity contribution in [3.63, 3.8) is 0 Å². The molecule has 0 fully saturated rings. The van der Waals surface area contributed by atoms with Crippen LogP contribution in [0.4, 0.5) is 5.13 Å². The topological polar surface area (TPSA) is 55.3 Å². The molecule has 0 radical (unpaired) electrons. The quantitative estimate of drug-likeness (QED) is 0.761. The van der Waals surface area contributed by atoms with Gasteiger partial charge in [-0.3, -0.25) is 4.79 Å². The molecule has 0 aromatic carbocycles. The molecule has 2 heterocycles. The normalized spacial score (nSPS) is 10.6. The molecule has 0 saturated carbocycles. The average Bonchev–Trinajstić information content (AvgIpc) is 2.98. The van der Waals surface area contributed by atoms with E-state index in [1.807, 2.05) is 17.3 Å². The van der Waals surface area contributed by atoms with Gasteiger partial charge in [-0.05, 0) is 0 Å². The van der Waals surface area contributed by atoms with E-state index in [1.165, 1.54) is 11.3 Å². The third-order valence-corrected chi connectivity index (χ3v) is 4.09. The van der Waals surface area contributed by atoms with Crippen molar-refractivity contribution < 1.29 is 9.53 Å². The minimum Gasteiger partial charge on any atom is -0.378 e. The van der Waals surface area contributed by atoms with Gasteiger partial charge in [-0.1, -0.05) is 11.3 Å². The largest absolute Gasteiger partial charge is 0.378 e. The Bertz CT molecular complexity index is 510. The van der Waals surface area contributed by atoms with Crippen molar-refractivity contribution in [1.82, 2.24) is 9.97 Å². The maximum Gasteiger partial charge on any atom is 0.186 e. The zero-order valence-corrected chi connectivity index (χ0v) is 11.8. The smallest absolute Gasteiger partial charge is 0.186 e. The SMILES string of the molecule is COCc1nc(N(C)Cc2cscn2)sc1C=O. The fraction of sp³-hybridized carbons (Fsp3) is 0.364. The zero-order chi connectivity index (χ0) is 13.0. The van der Waals surface area contributed by atoms with E-state index in [-0.39, 0.29) is 0 Å². The highest BCUT2D eigenvalue weighted by molar-refractivity contribution is 7.17. The summed E-state index contributed by atoms with van der Waals surface area (Å²) in [7, 11) is 3.52. The fourth-order valence-corrected chi connectivity index (χ4v) is 2.87. The molecule has 0 N–H and O–H groups in total. The molecule has 7 heteroatoms. The summed E-state index contributed by atoms with van der Waals surface area (Å²) in [6.07, 6.45) is 0.826. The van der Waals surface area contributed by atoms with Crippen LogP contribution in [-0.4, -0.2) is 30.4 Å². The van der Waals surface area contributed by atoms with Crippen molar-refractivity contribution in [2.24, 2.45) is 0 Å². The molecule has 96 valence electrons. The average molecular weight is 283 g/mol. The zero-order valence-electron chi connectivity index (χ0n) is 10.1. The molecule has 0 spiro atoms. The van der Waals surface area contributed by atoms with E-state index in [2.05, 4.69) is 9.97 Å². The second-order valence-electron chi connectivity index (χ2n) is 3.69. The molecule has 0 saturated heterocycles. The van der Waals surface area contributed by atoms with Gasteiger partial charge in [-0.2, -0.15) is 0 Å². The summed E-state index contributed by atoms with van der Waals surface area (Å²) in [4.78, 5) is 22.2. The van der Waals surface area contributed by atoms with Gasteiger partial charge in [0.1, 0.15) is 0 Å². The molecule has 0 aliphatic rings. The Labute approximate surface area is 113 Å². The maximum absolute atomic E-state index is 10.9. The summed E-state index contributed by atoms with van der Waals surface area (Å²) in [6, 6.07) is 0. The van der Waals surface area contributed by atoms with Gasteiger partial charge in [-0.25, -0.2) is 9.97 Å². The highest BCUT2D eigenvalue weighted by Gasteiger charge is 2.14. The van der Waals surface area contributed by atoms with E-state index in [0.29, 0.717) is 23.7 Å². The first-order chi connectivity index (χ1) is 8.74. The summed E-state index contributed by atoms with van der Waals surface area (Å²) >= 11 is 2.94. The molecular formula is C11H13N3O2S2. The number of aldehydes is 1. The Balaban J connectivity index is 2.14. The number of carbonyl (C=O) groups is 1. The van der Waals surface area contributed by atoms with Crippen LogP contribution >= 0.6 is 22.7 Å². The first-order valence-electron chi connectivity index (χ1n) is 5.26. The molecule has 0 atom stereocenters. The van der Waals surface area contributed by atoms with Crippen molar-refractivity contribution in [1.29, 1.82) is 0 Å². The predicted molar refractivity (Wildman–Crippen MR) is 72.4 cm³/mol. The standard InChI is InChI=1S/C11H13N3O2S2/c1-14(3-8-6-17-7-12-8)11-13-9(5-16-2)10(4-15)18-11/h4,6-7H,3,5H2,1-2H3. The fourth-order valence-electron chi connectivity index (χ4n) is 1.47. The van der Waals surface area contributed by atoms with Gasteiger partial charge in [0, 0.05) is 19.5 Å². The van der Waals surface area contributed by atoms with Gasteiger partial charge in [0.25, 0.3) is 0 Å². The van der Waals surface area contributed by atoms with Gasteiger partial charge < -0.3 is 9.64 Å². The van der Waals surface area contributed by atoms with Gasteiger partial charge in [-0.15, -0.1) is 11.3 Å². The lowest BCUT2D eigenvalue weighted by atomic mass is 10.4. The third kappa shape index (κ3) is 2.92. The van der Waals surface area contributed by atoms with Crippen LogP contribution in [0.25, 0.3) is 0 Å². The number of nitrogens with zero attached hydrogens (tertiary/aromatic N) is 3. The van der Waals surface area contributed by atoms with Crippen LogP contribution < -0.4 is 4.90 Å². The summed E-state index contributed by atoms with van der Waals surface area (Å²) < 4.78 is 5.03. The van der Waals surface area contributed by atoms with Crippen LogP contribution in [-0.2, 0) is 17.9 Å². The Kier molecular flexibility index (Phi) is 4.40. The Morgan fingerprint density at radius 1 is 1.56 bits per heavy atom. The molecule has 5 nitrogen and oxygen atoms in total. The van der Waals surface area contributed by atoms with E-state index in [1.54, 1.807) is 24.0 Å². The van der Waals surface area contributed by atoms with Crippen LogP contribution in [0.2, 0.25) is 0 Å². The number of thiazole rings is 2. The van der Waals surface area contributed by atoms with E-state index in [4.69, 9.17) is 4.74 Å². The van der Waals surface area contributed by atoms with E-state index < -0.39 is 0 Å². The molecule has 0 aliphatic heterocycles. The lowest BCUT2D eigenvalue weighted by molar-refractivity contribution is 0.112. The second kappa shape index (κ2) is 6.03. The number of hydrogen-bond acceptors (Lipinski definition) is 7. The highest BCUT2D eigenvalue weighted by Crippen LogP contribution is 2.25. The number of ether oxygens (including phenoxy) is 1. The third-order valence-electron chi connectivity index (χ3n) is 2.31. The van der Waals surface area contributed by atoms with E-state index >= 15 is 0 Å². The minimum atomic E-state index is 0.356. The van der Waals surface area contributed by atoms with E-state index in [0.717, 1.165) is 17.1 Å². The Morgan fingerprint density at radius 3 is 3.00 bits per heavy atom. The maximum atomic E-state index is 10.9. The number of methoxy groups -OCH3 is 1. The number of rotatable bonds is 6. The minimum absolute atomic E-state index is 0.356.